The number of aromatic nitrogens is 2. The van der Waals surface area contributed by atoms with Gasteiger partial charge in [0.05, 0.1) is 60.2 Å². The van der Waals surface area contributed by atoms with Crippen molar-refractivity contribution in [2.45, 2.75) is 155 Å². The molecular weight excluding hydrogens is 1510 g/mol. The van der Waals surface area contributed by atoms with E-state index in [9.17, 15) is 82.5 Å². The number of pyridine rings is 2. The van der Waals surface area contributed by atoms with Gasteiger partial charge in [-0.3, -0.25) is 39.8 Å². The number of alkyl halides is 14. The van der Waals surface area contributed by atoms with Crippen molar-refractivity contribution < 1.29 is 77.2 Å². The van der Waals surface area contributed by atoms with Crippen LogP contribution in [0.5, 0.6) is 0 Å². The average Bonchev–Trinajstić information content (AvgIpc) is 1.32. The number of nitrogens with one attached hydrogen (secondary N) is 2. The van der Waals surface area contributed by atoms with Crippen molar-refractivity contribution in [1.82, 2.24) is 20.2 Å². The number of carbonyl (C=O) groups excluding carboxylic acids is 2. The average molecular weight is 1610 g/mol. The SMILES string of the molecule is C1CCCNCC1.CCN(CC)CC.CO.Cc1ccc(C(F)(F)F)cc1[N+](=O)[O-].Cl.ClCCl.Nc1cc(C(F)(F)F)ccc1N1CCCCCC1.O=C(Cl)c1ccncc1.O=C(Nc1cc(C(F)(F)F)ccc1N1CCCCCC1)c1ccncc1.O=[N+]([O-])c1cc(C(F)(F)F)ccc1N1CCCCCC1. The second-order valence-corrected chi connectivity index (χ2v) is 25.2. The molecule has 18 nitrogen and oxygen atoms in total. The number of nitro benzene ring substituents is 2. The number of nitrogen functional groups attached to an aromatic ring is 1. The van der Waals surface area contributed by atoms with Crippen molar-refractivity contribution in [3.05, 3.63) is 181 Å². The van der Waals surface area contributed by atoms with Crippen LogP contribution in [0.4, 0.5) is 92.5 Å². The number of nitrogens with zero attached hydrogens (tertiary/aromatic N) is 8. The molecule has 4 aliphatic heterocycles. The van der Waals surface area contributed by atoms with E-state index in [4.69, 9.17) is 45.6 Å². The maximum absolute atomic E-state index is 13.1. The van der Waals surface area contributed by atoms with Gasteiger partial charge in [0.15, 0.2) is 0 Å². The van der Waals surface area contributed by atoms with Crippen molar-refractivity contribution >= 4 is 98.2 Å². The van der Waals surface area contributed by atoms with Gasteiger partial charge in [-0.25, -0.2) is 0 Å². The Bertz CT molecular complexity index is 3470. The van der Waals surface area contributed by atoms with Crippen LogP contribution in [0.25, 0.3) is 0 Å². The maximum atomic E-state index is 13.1. The number of aliphatic hydroxyl groups excluding tert-OH is 1. The number of benzene rings is 4. The zero-order valence-electron chi connectivity index (χ0n) is 60.5. The van der Waals surface area contributed by atoms with Crippen LogP contribution in [0, 0.1) is 27.2 Å². The van der Waals surface area contributed by atoms with Gasteiger partial charge in [0.1, 0.15) is 5.69 Å². The fourth-order valence-corrected chi connectivity index (χ4v) is 11.1. The molecule has 4 fully saturated rings. The highest BCUT2D eigenvalue weighted by molar-refractivity contribution is 6.67. The normalized spacial score (nSPS) is 14.6. The second kappa shape index (κ2) is 51.8. The number of halogens is 16. The van der Waals surface area contributed by atoms with Crippen LogP contribution in [0.15, 0.2) is 122 Å². The Morgan fingerprint density at radius 2 is 0.822 bits per heavy atom. The van der Waals surface area contributed by atoms with E-state index in [1.165, 1.54) is 133 Å². The zero-order chi connectivity index (χ0) is 79.5. The molecule has 10 rings (SSSR count). The fraction of sp³-hybridized carbons (Fsp3) is 0.507. The summed E-state index contributed by atoms with van der Waals surface area (Å²) < 4.78 is 151. The largest absolute Gasteiger partial charge is 0.416 e. The summed E-state index contributed by atoms with van der Waals surface area (Å²) in [6, 6.07) is 18.5. The standard InChI is InChI=1S/C19H20F3N3O.C13H15F3N2O2.C13H17F3N2.C8H6F3NO2.C6H4ClNO.C6H13N.C6H15N.CH2Cl2.CH4O.ClH/c20-19(21,22)15-5-6-17(25-11-3-1-2-4-12-25)16(13-15)24-18(26)14-7-9-23-10-8-14;14-13(15,16)10-5-6-11(12(9-10)18(19)20)17-7-3-1-2-4-8-17;14-13(15,16)10-5-6-12(11(17)9-10)18-7-3-1-2-4-8-18;1-5-2-3-6(8(9,10)11)4-7(5)12(13)14;7-6(9)5-1-3-8-4-2-5;1-2-4-6-7-5-3-1;1-4-7(5-2)6-3;2-1-3;1-2;/h5-10,13H,1-4,11-12H2,(H,24,26);5-6,9H,1-4,7-8H2;5-6,9H,1-4,7-8,17H2;2-4H,1H3;1-4H;7H,1-6H2;4-6H2,1-3H3;1H2;2H,1H3;1H. The van der Waals surface area contributed by atoms with E-state index in [0.717, 1.165) is 146 Å². The van der Waals surface area contributed by atoms with E-state index >= 15 is 0 Å². The van der Waals surface area contributed by atoms with E-state index in [2.05, 4.69) is 56.1 Å². The van der Waals surface area contributed by atoms with Crippen molar-refractivity contribution in [1.29, 1.82) is 0 Å². The number of nitro groups is 2. The van der Waals surface area contributed by atoms with Gasteiger partial charge >= 0.3 is 24.7 Å². The molecular formula is C73H97Cl4F12N11O7. The van der Waals surface area contributed by atoms with Gasteiger partial charge in [-0.15, -0.1) is 35.6 Å². The number of anilines is 5. The minimum Gasteiger partial charge on any atom is -0.400 e. The third-order valence-electron chi connectivity index (χ3n) is 16.6. The predicted octanol–water partition coefficient (Wildman–Crippen LogP) is 20.7. The summed E-state index contributed by atoms with van der Waals surface area (Å²) in [6.07, 6.45) is 6.31. The Balaban J connectivity index is 0.000000643. The Morgan fingerprint density at radius 1 is 0.505 bits per heavy atom. The van der Waals surface area contributed by atoms with Gasteiger partial charge in [0.25, 0.3) is 22.5 Å². The van der Waals surface area contributed by atoms with Gasteiger partial charge in [-0.1, -0.05) is 78.2 Å². The Labute approximate surface area is 638 Å². The fourth-order valence-electron chi connectivity index (χ4n) is 11.0. The number of rotatable bonds is 11. The monoisotopic (exact) mass is 1610 g/mol. The van der Waals surface area contributed by atoms with Crippen LogP contribution in [-0.2, 0) is 24.7 Å². The van der Waals surface area contributed by atoms with E-state index in [1.54, 1.807) is 12.1 Å². The molecule has 6 aromatic rings. The third-order valence-corrected chi connectivity index (χ3v) is 16.9. The van der Waals surface area contributed by atoms with Crippen molar-refractivity contribution in [2.75, 3.05) is 110 Å². The topological polar surface area (TPSA) is 229 Å². The summed E-state index contributed by atoms with van der Waals surface area (Å²) in [5.74, 6) is -0.456. The minimum absolute atomic E-state index is 0. The highest BCUT2D eigenvalue weighted by Crippen LogP contribution is 2.40. The van der Waals surface area contributed by atoms with E-state index in [1.807, 2.05) is 4.90 Å². The second-order valence-electron chi connectivity index (χ2n) is 24.0. The zero-order valence-corrected chi connectivity index (χ0v) is 63.6. The lowest BCUT2D eigenvalue weighted by Crippen LogP contribution is -2.26. The van der Waals surface area contributed by atoms with Crippen LogP contribution in [0.2, 0.25) is 0 Å². The number of aryl methyl sites for hydroxylation is 1. The van der Waals surface area contributed by atoms with Crippen LogP contribution >= 0.6 is 47.2 Å². The number of aliphatic hydroxyl groups is 1. The first-order chi connectivity index (χ1) is 50.2. The van der Waals surface area contributed by atoms with Gasteiger partial charge in [0.2, 0.25) is 0 Å². The Morgan fingerprint density at radius 3 is 1.17 bits per heavy atom. The summed E-state index contributed by atoms with van der Waals surface area (Å²) in [5.41, 5.74) is 4.40. The molecule has 0 bridgehead atoms. The summed E-state index contributed by atoms with van der Waals surface area (Å²) in [4.78, 5) is 58.5. The maximum Gasteiger partial charge on any atom is 0.416 e. The summed E-state index contributed by atoms with van der Waals surface area (Å²) >= 11 is 14.7. The molecule has 0 atom stereocenters. The Kier molecular flexibility index (Phi) is 47.2. The summed E-state index contributed by atoms with van der Waals surface area (Å²) in [7, 11) is 1.00. The van der Waals surface area contributed by atoms with Crippen molar-refractivity contribution in [3.63, 3.8) is 0 Å². The molecule has 6 heterocycles. The first-order valence-electron chi connectivity index (χ1n) is 34.6. The smallest absolute Gasteiger partial charge is 0.400 e. The molecule has 1 amide bonds. The lowest BCUT2D eigenvalue weighted by atomic mass is 10.1. The van der Waals surface area contributed by atoms with Gasteiger partial charge < -0.3 is 41.1 Å². The quantitative estimate of drug-likeness (QED) is 0.0236. The van der Waals surface area contributed by atoms with Crippen LogP contribution < -0.4 is 31.1 Å². The first-order valence-corrected chi connectivity index (χ1v) is 36.1. The predicted molar refractivity (Wildman–Crippen MR) is 404 cm³/mol. The molecule has 5 N–H and O–H groups in total. The number of nitrogens with two attached hydrogens (primary N) is 1. The third kappa shape index (κ3) is 37.5. The van der Waals surface area contributed by atoms with Gasteiger partial charge in [-0.2, -0.15) is 52.7 Å². The van der Waals surface area contributed by atoms with Crippen LogP contribution in [0.1, 0.15) is 172 Å². The van der Waals surface area contributed by atoms with Crippen LogP contribution in [0.3, 0.4) is 0 Å². The minimum atomic E-state index is -4.57. The molecule has 4 aromatic carbocycles. The molecule has 4 saturated heterocycles. The molecule has 0 unspecified atom stereocenters. The number of carbonyl (C=O) groups is 2. The Hall–Kier alpha value is -7.48. The highest BCUT2D eigenvalue weighted by atomic mass is 35.5. The number of hydrogen-bond donors (Lipinski definition) is 4. The van der Waals surface area contributed by atoms with Crippen LogP contribution in [-0.4, -0.2) is 125 Å². The molecule has 598 valence electrons. The highest BCUT2D eigenvalue weighted by Gasteiger charge is 2.36. The number of amides is 1. The molecule has 0 saturated carbocycles. The summed E-state index contributed by atoms with van der Waals surface area (Å²) in [5, 5.41) is 34.1. The molecule has 34 heteroatoms. The number of hydrogen-bond acceptors (Lipinski definition) is 15. The molecule has 0 spiro atoms. The van der Waals surface area contributed by atoms with E-state index < -0.39 is 79.3 Å². The molecule has 4 aliphatic rings. The first kappa shape index (κ1) is 97.5. The lowest BCUT2D eigenvalue weighted by molar-refractivity contribution is -0.385. The van der Waals surface area contributed by atoms with Crippen molar-refractivity contribution in [2.24, 2.45) is 0 Å². The van der Waals surface area contributed by atoms with Crippen molar-refractivity contribution in [3.8, 4) is 0 Å². The van der Waals surface area contributed by atoms with E-state index in [0.29, 0.717) is 42.0 Å². The lowest BCUT2D eigenvalue weighted by Gasteiger charge is -2.26. The van der Waals surface area contributed by atoms with Gasteiger partial charge in [-0.05, 0) is 181 Å². The van der Waals surface area contributed by atoms with Gasteiger partial charge in [0, 0.05) is 100.0 Å². The molecule has 0 aliphatic carbocycles. The molecule has 107 heavy (non-hydrogen) atoms. The summed E-state index contributed by atoms with van der Waals surface area (Å²) in [6.45, 7) is 18.6. The molecule has 2 aromatic heterocycles. The van der Waals surface area contributed by atoms with E-state index in [-0.39, 0.29) is 40.4 Å². The molecule has 0 radical (unpaired) electrons.